The Kier molecular flexibility index (Phi) is 9.49. The first-order valence-corrected chi connectivity index (χ1v) is 11.1. The minimum atomic E-state index is -0.612. The van der Waals surface area contributed by atoms with Crippen LogP contribution in [0.1, 0.15) is 17.5 Å². The van der Waals surface area contributed by atoms with E-state index in [4.69, 9.17) is 20.0 Å². The Morgan fingerprint density at radius 1 is 0.697 bits per heavy atom. The number of benzene rings is 2. The minimum Gasteiger partial charge on any atom is -0.491 e. The molecule has 0 radical (unpaired) electrons. The molecule has 0 spiro atoms. The van der Waals surface area contributed by atoms with E-state index in [-0.39, 0.29) is 13.2 Å². The first kappa shape index (κ1) is 24.5. The summed E-state index contributed by atoms with van der Waals surface area (Å²) in [6.07, 6.45) is -0.274. The van der Waals surface area contributed by atoms with Gasteiger partial charge in [-0.15, -0.1) is 0 Å². The van der Waals surface area contributed by atoms with Crippen molar-refractivity contribution in [1.29, 1.82) is 10.5 Å². The average Bonchev–Trinajstić information content (AvgIpc) is 3.07. The number of nitrogens with zero attached hydrogens (tertiary/aromatic N) is 4. The van der Waals surface area contributed by atoms with E-state index in [1.165, 1.54) is 0 Å². The Hall–Kier alpha value is -3.14. The van der Waals surface area contributed by atoms with E-state index >= 15 is 0 Å². The molecule has 0 aromatic heterocycles. The summed E-state index contributed by atoms with van der Waals surface area (Å²) in [5.41, 5.74) is 1.14. The van der Waals surface area contributed by atoms with Crippen LogP contribution in [0.15, 0.2) is 48.5 Å². The lowest BCUT2D eigenvalue weighted by molar-refractivity contribution is 0.0617. The van der Waals surface area contributed by atoms with Gasteiger partial charge in [-0.3, -0.25) is 9.80 Å². The van der Waals surface area contributed by atoms with E-state index < -0.39 is 12.2 Å². The van der Waals surface area contributed by atoms with Gasteiger partial charge in [0, 0.05) is 26.2 Å². The number of aliphatic hydroxyl groups is 2. The van der Waals surface area contributed by atoms with Gasteiger partial charge in [0.05, 0.1) is 23.3 Å². The van der Waals surface area contributed by atoms with E-state index in [0.29, 0.717) is 35.7 Å². The number of rotatable bonds is 10. The molecule has 0 unspecified atom stereocenters. The topological polar surface area (TPSA) is 113 Å². The number of ether oxygens (including phenoxy) is 2. The molecule has 0 aliphatic carbocycles. The highest BCUT2D eigenvalue weighted by Crippen LogP contribution is 2.14. The van der Waals surface area contributed by atoms with Crippen LogP contribution in [-0.2, 0) is 0 Å². The summed E-state index contributed by atoms with van der Waals surface area (Å²) >= 11 is 0. The van der Waals surface area contributed by atoms with Crippen LogP contribution in [-0.4, -0.2) is 84.7 Å². The predicted octanol–water partition coefficient (Wildman–Crippen LogP) is 1.62. The van der Waals surface area contributed by atoms with E-state index in [9.17, 15) is 10.2 Å². The third-order valence-electron chi connectivity index (χ3n) is 5.47. The fourth-order valence-corrected chi connectivity index (χ4v) is 3.73. The van der Waals surface area contributed by atoms with Gasteiger partial charge >= 0.3 is 0 Å². The molecule has 3 rings (SSSR count). The van der Waals surface area contributed by atoms with Crippen molar-refractivity contribution in [2.24, 2.45) is 0 Å². The number of β-amino-alcohol motifs (C(OH)–C–C–N with tert-alkyl or cyclic N) is 2. The Bertz CT molecular complexity index is 859. The van der Waals surface area contributed by atoms with Crippen LogP contribution < -0.4 is 9.47 Å². The lowest BCUT2D eigenvalue weighted by Gasteiger charge is -2.25. The van der Waals surface area contributed by atoms with Gasteiger partial charge < -0.3 is 19.7 Å². The van der Waals surface area contributed by atoms with Crippen molar-refractivity contribution in [1.82, 2.24) is 9.80 Å². The third kappa shape index (κ3) is 8.38. The van der Waals surface area contributed by atoms with Crippen molar-refractivity contribution < 1.29 is 19.7 Å². The molecule has 1 fully saturated rings. The van der Waals surface area contributed by atoms with Crippen molar-refractivity contribution in [3.8, 4) is 23.6 Å². The number of nitriles is 2. The Morgan fingerprint density at radius 3 is 1.45 bits per heavy atom. The first-order valence-electron chi connectivity index (χ1n) is 11.1. The summed E-state index contributed by atoms with van der Waals surface area (Å²) in [6, 6.07) is 17.8. The van der Waals surface area contributed by atoms with Crippen LogP contribution >= 0.6 is 0 Å². The molecule has 2 aromatic rings. The second kappa shape index (κ2) is 12.8. The molecular weight excluding hydrogens is 420 g/mol. The summed E-state index contributed by atoms with van der Waals surface area (Å²) in [7, 11) is 0. The quantitative estimate of drug-likeness (QED) is 0.562. The van der Waals surface area contributed by atoms with Gasteiger partial charge in [0.15, 0.2) is 0 Å². The van der Waals surface area contributed by atoms with Gasteiger partial charge in [-0.25, -0.2) is 0 Å². The second-order valence-electron chi connectivity index (χ2n) is 8.16. The zero-order chi connectivity index (χ0) is 23.5. The predicted molar refractivity (Wildman–Crippen MR) is 123 cm³/mol. The average molecular weight is 451 g/mol. The largest absolute Gasteiger partial charge is 0.491 e. The molecule has 174 valence electrons. The standard InChI is InChI=1S/C25H30N4O4/c26-14-20-2-6-24(7-3-20)32-18-22(30)16-28-10-1-11-29(13-12-28)17-23(31)19-33-25-8-4-21(15-27)5-9-25/h2-9,22-23,30-31H,1,10-13,16-19H2/t22-,23-/m0/s1. The lowest BCUT2D eigenvalue weighted by atomic mass is 10.2. The number of hydrogen-bond donors (Lipinski definition) is 2. The van der Waals surface area contributed by atoms with Crippen LogP contribution in [0.4, 0.5) is 0 Å². The summed E-state index contributed by atoms with van der Waals surface area (Å²) in [5, 5.41) is 38.4. The summed E-state index contributed by atoms with van der Waals surface area (Å²) in [5.74, 6) is 1.26. The number of hydrogen-bond acceptors (Lipinski definition) is 8. The van der Waals surface area contributed by atoms with Gasteiger partial charge in [-0.05, 0) is 68.0 Å². The minimum absolute atomic E-state index is 0.192. The van der Waals surface area contributed by atoms with Crippen LogP contribution in [0.3, 0.4) is 0 Å². The van der Waals surface area contributed by atoms with Crippen molar-refractivity contribution in [3.63, 3.8) is 0 Å². The highest BCUT2D eigenvalue weighted by molar-refractivity contribution is 5.35. The smallest absolute Gasteiger partial charge is 0.119 e. The maximum Gasteiger partial charge on any atom is 0.119 e. The van der Waals surface area contributed by atoms with Gasteiger partial charge in [-0.2, -0.15) is 10.5 Å². The van der Waals surface area contributed by atoms with E-state index in [1.54, 1.807) is 48.5 Å². The van der Waals surface area contributed by atoms with Crippen LogP contribution in [0, 0.1) is 22.7 Å². The van der Waals surface area contributed by atoms with Crippen molar-refractivity contribution in [2.75, 3.05) is 52.5 Å². The van der Waals surface area contributed by atoms with Gasteiger partial charge in [-0.1, -0.05) is 0 Å². The molecule has 8 heteroatoms. The maximum absolute atomic E-state index is 10.4. The van der Waals surface area contributed by atoms with E-state index in [0.717, 1.165) is 32.6 Å². The molecule has 2 N–H and O–H groups in total. The summed E-state index contributed by atoms with van der Waals surface area (Å²) in [6.45, 7) is 4.79. The van der Waals surface area contributed by atoms with E-state index in [2.05, 4.69) is 21.9 Å². The van der Waals surface area contributed by atoms with Crippen LogP contribution in [0.25, 0.3) is 0 Å². The molecule has 8 nitrogen and oxygen atoms in total. The maximum atomic E-state index is 10.4. The molecular formula is C25H30N4O4. The van der Waals surface area contributed by atoms with Gasteiger partial charge in [0.1, 0.15) is 36.9 Å². The van der Waals surface area contributed by atoms with Crippen molar-refractivity contribution in [2.45, 2.75) is 18.6 Å². The molecule has 2 aromatic carbocycles. The second-order valence-corrected chi connectivity index (χ2v) is 8.16. The molecule has 1 heterocycles. The molecule has 1 aliphatic rings. The van der Waals surface area contributed by atoms with E-state index in [1.807, 2.05) is 0 Å². The Labute approximate surface area is 194 Å². The van der Waals surface area contributed by atoms with Crippen molar-refractivity contribution in [3.05, 3.63) is 59.7 Å². The highest BCUT2D eigenvalue weighted by atomic mass is 16.5. The first-order chi connectivity index (χ1) is 16.1. The molecule has 0 saturated carbocycles. The molecule has 1 aliphatic heterocycles. The van der Waals surface area contributed by atoms with Gasteiger partial charge in [0.25, 0.3) is 0 Å². The van der Waals surface area contributed by atoms with Gasteiger partial charge in [0.2, 0.25) is 0 Å². The normalized spacial score (nSPS) is 16.7. The Morgan fingerprint density at radius 2 is 1.09 bits per heavy atom. The fourth-order valence-electron chi connectivity index (χ4n) is 3.73. The SMILES string of the molecule is N#Cc1ccc(OC[C@@H](O)CN2CCCN(C[C@H](O)COc3ccc(C#N)cc3)CC2)cc1. The zero-order valence-corrected chi connectivity index (χ0v) is 18.6. The van der Waals surface area contributed by atoms with Crippen LogP contribution in [0.2, 0.25) is 0 Å². The lowest BCUT2D eigenvalue weighted by Crippen LogP contribution is -2.40. The third-order valence-corrected chi connectivity index (χ3v) is 5.47. The molecule has 33 heavy (non-hydrogen) atoms. The molecule has 0 bridgehead atoms. The van der Waals surface area contributed by atoms with Crippen LogP contribution in [0.5, 0.6) is 11.5 Å². The Balaban J connectivity index is 1.34. The molecule has 0 amide bonds. The fraction of sp³-hybridized carbons (Fsp3) is 0.440. The van der Waals surface area contributed by atoms with Crippen molar-refractivity contribution >= 4 is 0 Å². The summed E-state index contributed by atoms with van der Waals surface area (Å²) in [4.78, 5) is 4.43. The zero-order valence-electron chi connectivity index (χ0n) is 18.6. The summed E-state index contributed by atoms with van der Waals surface area (Å²) < 4.78 is 11.3. The molecule has 1 saturated heterocycles. The molecule has 2 atom stereocenters. The highest BCUT2D eigenvalue weighted by Gasteiger charge is 2.20. The monoisotopic (exact) mass is 450 g/mol. The number of aliphatic hydroxyl groups excluding tert-OH is 2.